The molecule has 2 amide bonds. The fraction of sp³-hybridized carbons (Fsp3) is 0.0435. The van der Waals surface area contributed by atoms with E-state index in [1.165, 1.54) is 24.4 Å². The minimum absolute atomic E-state index is 0.236. The molecule has 0 aliphatic rings. The fourth-order valence-corrected chi connectivity index (χ4v) is 2.80. The van der Waals surface area contributed by atoms with Crippen LogP contribution in [-0.4, -0.2) is 24.0 Å². The quantitative estimate of drug-likeness (QED) is 0.187. The maximum atomic E-state index is 12.4. The van der Waals surface area contributed by atoms with Gasteiger partial charge in [-0.3, -0.25) is 9.59 Å². The van der Waals surface area contributed by atoms with Crippen LogP contribution in [0.25, 0.3) is 0 Å². The van der Waals surface area contributed by atoms with Crippen molar-refractivity contribution in [3.63, 3.8) is 0 Å². The number of rotatable bonds is 5. The summed E-state index contributed by atoms with van der Waals surface area (Å²) < 4.78 is 5.43. The molecule has 0 radical (unpaired) electrons. The zero-order chi connectivity index (χ0) is 23.1. The largest absolute Gasteiger partial charge is 0.422 e. The van der Waals surface area contributed by atoms with E-state index in [4.69, 9.17) is 27.9 Å². The summed E-state index contributed by atoms with van der Waals surface area (Å²) in [6.45, 7) is 1.92. The van der Waals surface area contributed by atoms with Crippen LogP contribution >= 0.6 is 23.2 Å². The van der Waals surface area contributed by atoms with Crippen molar-refractivity contribution in [2.45, 2.75) is 6.92 Å². The number of nitrogens with one attached hydrogen (secondary N) is 2. The molecule has 0 aliphatic carbocycles. The van der Waals surface area contributed by atoms with E-state index in [0.29, 0.717) is 21.8 Å². The lowest BCUT2D eigenvalue weighted by molar-refractivity contribution is -0.136. The molecule has 9 heteroatoms. The third kappa shape index (κ3) is 6.16. The van der Waals surface area contributed by atoms with Gasteiger partial charge in [0.25, 0.3) is 0 Å². The summed E-state index contributed by atoms with van der Waals surface area (Å²) in [5.74, 6) is -2.23. The molecule has 0 aliphatic heterocycles. The van der Waals surface area contributed by atoms with Gasteiger partial charge in [-0.05, 0) is 49.4 Å². The number of para-hydroxylation sites is 1. The first-order chi connectivity index (χ1) is 15.3. The third-order valence-corrected chi connectivity index (χ3v) is 4.90. The van der Waals surface area contributed by atoms with Gasteiger partial charge >= 0.3 is 17.8 Å². The molecule has 3 rings (SSSR count). The lowest BCUT2D eigenvalue weighted by Crippen LogP contribution is -2.32. The van der Waals surface area contributed by atoms with Gasteiger partial charge in [0.05, 0.1) is 21.8 Å². The second kappa shape index (κ2) is 10.6. The normalized spacial score (nSPS) is 10.6. The summed E-state index contributed by atoms with van der Waals surface area (Å²) >= 11 is 11.7. The van der Waals surface area contributed by atoms with Gasteiger partial charge < -0.3 is 10.1 Å². The molecular formula is C23H17Cl2N3O4. The topological polar surface area (TPSA) is 96.9 Å². The van der Waals surface area contributed by atoms with Crippen molar-refractivity contribution < 1.29 is 19.1 Å². The van der Waals surface area contributed by atoms with E-state index in [9.17, 15) is 14.4 Å². The van der Waals surface area contributed by atoms with E-state index in [-0.39, 0.29) is 10.8 Å². The standard InChI is InChI=1S/C23H17Cl2N3O4/c1-14-6-8-15(9-7-14)23(31)32-20-5-3-2-4-16(20)13-26-28-22(30)21(29)27-17-10-11-18(24)19(25)12-17/h2-13H,1H3,(H,27,29)(H,28,30)/b26-13+. The van der Waals surface area contributed by atoms with Crippen LogP contribution in [-0.2, 0) is 9.59 Å². The van der Waals surface area contributed by atoms with E-state index in [1.807, 2.05) is 19.1 Å². The number of hydrogen-bond acceptors (Lipinski definition) is 5. The Kier molecular flexibility index (Phi) is 7.59. The van der Waals surface area contributed by atoms with E-state index >= 15 is 0 Å². The molecule has 7 nitrogen and oxygen atoms in total. The molecule has 32 heavy (non-hydrogen) atoms. The van der Waals surface area contributed by atoms with Gasteiger partial charge in [0.1, 0.15) is 5.75 Å². The number of anilines is 1. The first-order valence-electron chi connectivity index (χ1n) is 9.31. The lowest BCUT2D eigenvalue weighted by atomic mass is 10.1. The Morgan fingerprint density at radius 3 is 2.34 bits per heavy atom. The van der Waals surface area contributed by atoms with Gasteiger partial charge in [0.15, 0.2) is 0 Å². The fourth-order valence-electron chi connectivity index (χ4n) is 2.50. The average Bonchev–Trinajstić information content (AvgIpc) is 2.77. The van der Waals surface area contributed by atoms with Gasteiger partial charge in [0, 0.05) is 11.3 Å². The van der Waals surface area contributed by atoms with E-state index in [0.717, 1.165) is 5.56 Å². The van der Waals surface area contributed by atoms with Gasteiger partial charge in [-0.1, -0.05) is 53.0 Å². The number of nitrogens with zero attached hydrogens (tertiary/aromatic N) is 1. The van der Waals surface area contributed by atoms with E-state index in [1.54, 1.807) is 36.4 Å². The smallest absolute Gasteiger partial charge is 0.343 e. The maximum Gasteiger partial charge on any atom is 0.343 e. The summed E-state index contributed by atoms with van der Waals surface area (Å²) in [6, 6.07) is 18.0. The third-order valence-electron chi connectivity index (χ3n) is 4.16. The monoisotopic (exact) mass is 469 g/mol. The molecule has 0 atom stereocenters. The van der Waals surface area contributed by atoms with Crippen LogP contribution in [0.15, 0.2) is 71.8 Å². The van der Waals surface area contributed by atoms with Gasteiger partial charge in [-0.25, -0.2) is 10.2 Å². The maximum absolute atomic E-state index is 12.4. The number of ether oxygens (including phenoxy) is 1. The summed E-state index contributed by atoms with van der Waals surface area (Å²) in [5, 5.41) is 6.70. The highest BCUT2D eigenvalue weighted by Gasteiger charge is 2.14. The van der Waals surface area contributed by atoms with E-state index < -0.39 is 17.8 Å². The summed E-state index contributed by atoms with van der Waals surface area (Å²) in [5.41, 5.74) is 4.27. The van der Waals surface area contributed by atoms with Gasteiger partial charge in [-0.15, -0.1) is 0 Å². The number of esters is 1. The number of aryl methyl sites for hydroxylation is 1. The zero-order valence-corrected chi connectivity index (χ0v) is 18.3. The highest BCUT2D eigenvalue weighted by molar-refractivity contribution is 6.43. The molecule has 3 aromatic carbocycles. The van der Waals surface area contributed by atoms with Crippen LogP contribution in [0.3, 0.4) is 0 Å². The molecule has 0 heterocycles. The number of hydrazone groups is 1. The Morgan fingerprint density at radius 1 is 0.906 bits per heavy atom. The van der Waals surface area contributed by atoms with Gasteiger partial charge in [0.2, 0.25) is 0 Å². The molecule has 0 unspecified atom stereocenters. The summed E-state index contributed by atoms with van der Waals surface area (Å²) in [4.78, 5) is 36.3. The van der Waals surface area contributed by atoms with Crippen LogP contribution in [0, 0.1) is 6.92 Å². The Morgan fingerprint density at radius 2 is 1.62 bits per heavy atom. The van der Waals surface area contributed by atoms with Crippen LogP contribution in [0.2, 0.25) is 10.0 Å². The van der Waals surface area contributed by atoms with Crippen molar-refractivity contribution in [1.82, 2.24) is 5.43 Å². The molecule has 162 valence electrons. The van der Waals surface area contributed by atoms with Crippen molar-refractivity contribution in [1.29, 1.82) is 0 Å². The summed E-state index contributed by atoms with van der Waals surface area (Å²) in [7, 11) is 0. The Bertz CT molecular complexity index is 1190. The average molecular weight is 470 g/mol. The number of halogens is 2. The second-order valence-electron chi connectivity index (χ2n) is 6.58. The first kappa shape index (κ1) is 23.0. The minimum atomic E-state index is -0.999. The molecule has 0 aromatic heterocycles. The number of amides is 2. The molecule has 0 bridgehead atoms. The zero-order valence-electron chi connectivity index (χ0n) is 16.8. The number of benzene rings is 3. The SMILES string of the molecule is Cc1ccc(C(=O)Oc2ccccc2/C=N/NC(=O)C(=O)Nc2ccc(Cl)c(Cl)c2)cc1. The van der Waals surface area contributed by atoms with E-state index in [2.05, 4.69) is 15.8 Å². The molecule has 0 spiro atoms. The van der Waals surface area contributed by atoms with Crippen molar-refractivity contribution in [2.24, 2.45) is 5.10 Å². The minimum Gasteiger partial charge on any atom is -0.422 e. The molecule has 0 saturated heterocycles. The van der Waals surface area contributed by atoms with Crippen molar-refractivity contribution in [3.8, 4) is 5.75 Å². The highest BCUT2D eigenvalue weighted by atomic mass is 35.5. The van der Waals surface area contributed by atoms with Crippen LogP contribution in [0.4, 0.5) is 5.69 Å². The predicted molar refractivity (Wildman–Crippen MR) is 123 cm³/mol. The second-order valence-corrected chi connectivity index (χ2v) is 7.39. The Labute approximate surface area is 194 Å². The number of hydrogen-bond donors (Lipinski definition) is 2. The van der Waals surface area contributed by atoms with Crippen molar-refractivity contribution in [3.05, 3.63) is 93.5 Å². The number of carbonyl (C=O) groups is 3. The first-order valence-corrected chi connectivity index (χ1v) is 10.1. The van der Waals surface area contributed by atoms with Crippen LogP contribution < -0.4 is 15.5 Å². The lowest BCUT2D eigenvalue weighted by Gasteiger charge is -2.07. The molecular weight excluding hydrogens is 453 g/mol. The molecule has 2 N–H and O–H groups in total. The summed E-state index contributed by atoms with van der Waals surface area (Å²) in [6.07, 6.45) is 1.27. The molecule has 0 fully saturated rings. The molecule has 0 saturated carbocycles. The Hall–Kier alpha value is -3.68. The van der Waals surface area contributed by atoms with Crippen molar-refractivity contribution in [2.75, 3.05) is 5.32 Å². The van der Waals surface area contributed by atoms with Crippen LogP contribution in [0.1, 0.15) is 21.5 Å². The van der Waals surface area contributed by atoms with Crippen LogP contribution in [0.5, 0.6) is 5.75 Å². The Balaban J connectivity index is 1.62. The van der Waals surface area contributed by atoms with Gasteiger partial charge in [-0.2, -0.15) is 5.10 Å². The number of carbonyl (C=O) groups excluding carboxylic acids is 3. The predicted octanol–water partition coefficient (Wildman–Crippen LogP) is 4.61. The molecule has 3 aromatic rings. The highest BCUT2D eigenvalue weighted by Crippen LogP contribution is 2.25. The van der Waals surface area contributed by atoms with Crippen molar-refractivity contribution >= 4 is 52.9 Å².